The number of hydrogen-bond donors (Lipinski definition) is 1. The van der Waals surface area contributed by atoms with E-state index in [-0.39, 0.29) is 56.5 Å². The van der Waals surface area contributed by atoms with Crippen molar-refractivity contribution < 1.29 is 41.1 Å². The Balaban J connectivity index is -0.000000273. The van der Waals surface area contributed by atoms with E-state index in [1.165, 1.54) is 82.9 Å². The second-order valence-electron chi connectivity index (χ2n) is 15.8. The van der Waals surface area contributed by atoms with Crippen molar-refractivity contribution in [1.29, 1.82) is 0 Å². The summed E-state index contributed by atoms with van der Waals surface area (Å²) in [5.74, 6) is 1.98. The van der Waals surface area contributed by atoms with Gasteiger partial charge in [-0.15, -0.1) is 11.4 Å². The zero-order valence-electron chi connectivity index (χ0n) is 40.7. The van der Waals surface area contributed by atoms with Crippen molar-refractivity contribution in [3.63, 3.8) is 0 Å². The summed E-state index contributed by atoms with van der Waals surface area (Å²) >= 11 is -3.39. The third-order valence-corrected chi connectivity index (χ3v) is 9.36. The van der Waals surface area contributed by atoms with Crippen molar-refractivity contribution in [2.45, 2.75) is 157 Å². The molecule has 0 bridgehead atoms. The smallest absolute Gasteiger partial charge is 0 e. The van der Waals surface area contributed by atoms with Crippen LogP contribution in [0.3, 0.4) is 0 Å². The molecule has 339 valence electrons. The summed E-state index contributed by atoms with van der Waals surface area (Å²) in [4.78, 5) is 9.74. The van der Waals surface area contributed by atoms with Crippen LogP contribution in [-0.2, 0) is 41.1 Å². The van der Waals surface area contributed by atoms with E-state index in [9.17, 15) is 0 Å². The minimum Gasteiger partial charge on any atom is 0 e. The van der Waals surface area contributed by atoms with E-state index in [2.05, 4.69) is 146 Å². The van der Waals surface area contributed by atoms with Gasteiger partial charge >= 0.3 is 49.5 Å². The molecule has 0 atom stereocenters. The minimum atomic E-state index is -3.39. The first-order valence-electron chi connectivity index (χ1n) is 21.1. The summed E-state index contributed by atoms with van der Waals surface area (Å²) < 4.78 is 0. The van der Waals surface area contributed by atoms with Crippen molar-refractivity contribution >= 4 is 95.1 Å². The summed E-state index contributed by atoms with van der Waals surface area (Å²) in [6.07, 6.45) is 15.6. The van der Waals surface area contributed by atoms with Crippen LogP contribution in [0, 0.1) is 22.3 Å². The molecule has 62 heavy (non-hydrogen) atoms. The first kappa shape index (κ1) is 71.1. The van der Waals surface area contributed by atoms with E-state index in [1.54, 1.807) is 0 Å². The van der Waals surface area contributed by atoms with Crippen LogP contribution in [0.15, 0.2) is 69.9 Å². The summed E-state index contributed by atoms with van der Waals surface area (Å²) in [5.41, 5.74) is 12.8. The number of para-hydroxylation sites is 2. The summed E-state index contributed by atoms with van der Waals surface area (Å²) in [6, 6.07) is 13.3. The van der Waals surface area contributed by atoms with Gasteiger partial charge < -0.3 is 32.9 Å². The molecule has 0 saturated heterocycles. The number of hydrogen-bond acceptors (Lipinski definition) is 3. The van der Waals surface area contributed by atoms with Crippen LogP contribution >= 0.6 is 34.3 Å². The van der Waals surface area contributed by atoms with Gasteiger partial charge in [-0.05, 0) is 86.2 Å². The largest absolute Gasteiger partial charge is 0 e. The van der Waals surface area contributed by atoms with Crippen LogP contribution < -0.4 is 5.32 Å². The zero-order valence-corrected chi connectivity index (χ0v) is 50.9. The van der Waals surface area contributed by atoms with Gasteiger partial charge in [0.1, 0.15) is 0 Å². The molecule has 2 aromatic carbocycles. The van der Waals surface area contributed by atoms with Crippen molar-refractivity contribution in [2.24, 2.45) is 9.98 Å². The third kappa shape index (κ3) is 29.7. The molecule has 0 aromatic heterocycles. The molecule has 4 nitrogen and oxygen atoms in total. The Morgan fingerprint density at radius 1 is 0.661 bits per heavy atom. The van der Waals surface area contributed by atoms with E-state index < -0.39 is 21.6 Å². The van der Waals surface area contributed by atoms with Gasteiger partial charge in [-0.1, -0.05) is 142 Å². The van der Waals surface area contributed by atoms with E-state index in [0.717, 1.165) is 50.9 Å². The van der Waals surface area contributed by atoms with E-state index in [4.69, 9.17) is 49.6 Å². The molecular formula is C47H76B5Cl4Hf2N4-4. The number of nitrogens with one attached hydrogen (secondary N) is 1. The summed E-state index contributed by atoms with van der Waals surface area (Å²) in [6.45, 7) is 24.4. The average molecular weight is 1250 g/mol. The molecular weight excluding hydrogens is 1170 g/mol. The molecule has 0 fully saturated rings. The predicted molar refractivity (Wildman–Crippen MR) is 286 cm³/mol. The van der Waals surface area contributed by atoms with Gasteiger partial charge in [-0.25, -0.2) is 0 Å². The van der Waals surface area contributed by atoms with Gasteiger partial charge in [-0.3, -0.25) is 9.98 Å². The van der Waals surface area contributed by atoms with Crippen LogP contribution in [0.4, 0.5) is 11.4 Å². The monoisotopic (exact) mass is 1250 g/mol. The molecule has 9 radical (unpaired) electrons. The van der Waals surface area contributed by atoms with Crippen LogP contribution in [-0.4, -0.2) is 62.5 Å². The van der Waals surface area contributed by atoms with Crippen LogP contribution in [0.5, 0.6) is 0 Å². The molecule has 2 aliphatic carbocycles. The fourth-order valence-electron chi connectivity index (χ4n) is 6.42. The quantitative estimate of drug-likeness (QED) is 0.114. The van der Waals surface area contributed by atoms with Crippen molar-refractivity contribution in [1.82, 2.24) is 0 Å². The number of halogens is 4. The van der Waals surface area contributed by atoms with Crippen LogP contribution in [0.1, 0.15) is 179 Å². The van der Waals surface area contributed by atoms with Crippen molar-refractivity contribution in [3.8, 4) is 0 Å². The molecule has 2 aliphatic rings. The third-order valence-electron chi connectivity index (χ3n) is 9.36. The minimum absolute atomic E-state index is 0. The van der Waals surface area contributed by atoms with Gasteiger partial charge in [-0.2, -0.15) is 0 Å². The number of unbranched alkanes of at least 4 members (excludes halogenated alkanes) is 2. The molecule has 0 amide bonds. The molecule has 1 N–H and O–H groups in total. The van der Waals surface area contributed by atoms with E-state index >= 15 is 0 Å². The Morgan fingerprint density at radius 2 is 1.02 bits per heavy atom. The van der Waals surface area contributed by atoms with E-state index in [1.807, 2.05) is 0 Å². The van der Waals surface area contributed by atoms with Gasteiger partial charge in [0.05, 0.1) is 11.4 Å². The van der Waals surface area contributed by atoms with Gasteiger partial charge in [0.15, 0.2) is 0 Å². The molecule has 0 saturated carbocycles. The standard InChI is InChI=1S/C22H34N2.C22H33N2.3CH3.B4.B.4ClH.2Hf/c2*1-6-7-15-23-20-13-8-9-14-21(20)24-22-18(16(2)3)11-10-12-19(22)17(4)5;;;;1-4(2)3;;;;;;;/h10-12,14,16-17,24H,6-9,13,15H2,1-5H3;10-12,14,16-17H,6-9,13,15H2,1-5H3;3*1H3;;;4*1H;;/q;4*-1;;;;;;;;+4/p-4. The summed E-state index contributed by atoms with van der Waals surface area (Å²) in [7, 11) is 34.2. The first-order chi connectivity index (χ1) is 26.8. The Morgan fingerprint density at radius 3 is 1.40 bits per heavy atom. The number of aliphatic imine (C=N–C) groups is 2. The fourth-order valence-corrected chi connectivity index (χ4v) is 6.42. The topological polar surface area (TPSA) is 50.9 Å². The van der Waals surface area contributed by atoms with E-state index in [0.29, 0.717) is 23.7 Å². The SMILES string of the molecule is CCCCN=C1CCCC=C1Nc1c(C(C)C)cccc1C(C)C.CCCCN=C1CCCC=C1[N-]c1c(C(C)C)cccc1C(C)C.[B].[B]B([B])[B].[CH3-].[CH3-].[CH3-].[Cl][Hf]([Cl])([Cl])[Cl].[Hf]. The van der Waals surface area contributed by atoms with Crippen molar-refractivity contribution in [3.05, 3.63) is 110 Å². The molecule has 0 unspecified atom stereocenters. The van der Waals surface area contributed by atoms with Crippen LogP contribution in [0.25, 0.3) is 5.32 Å². The van der Waals surface area contributed by atoms with Gasteiger partial charge in [0.25, 0.3) is 0 Å². The van der Waals surface area contributed by atoms with Gasteiger partial charge in [0, 0.05) is 88.3 Å². The second-order valence-corrected chi connectivity index (χ2v) is 47.0. The van der Waals surface area contributed by atoms with Crippen LogP contribution in [0.2, 0.25) is 0 Å². The zero-order chi connectivity index (χ0) is 43.1. The Kier molecular flexibility index (Phi) is 44.9. The molecule has 0 heterocycles. The summed E-state index contributed by atoms with van der Waals surface area (Å²) in [5, 5.41) is 8.94. The normalized spacial score (nSPS) is 14.4. The number of nitrogens with zero attached hydrogens (tertiary/aromatic N) is 3. The fraction of sp³-hybridized carbons (Fsp3) is 0.553. The number of rotatable bonds is 14. The first-order valence-corrected chi connectivity index (χ1v) is 38.9. The Hall–Kier alpha value is 0.0849. The number of allylic oxidation sites excluding steroid dienone is 4. The maximum Gasteiger partial charge on any atom is 0 e. The average Bonchev–Trinajstić information content (AvgIpc) is 3.12. The Bertz CT molecular complexity index is 1430. The predicted octanol–water partition coefficient (Wildman–Crippen LogP) is 16.1. The number of benzene rings is 2. The molecule has 15 heteroatoms. The van der Waals surface area contributed by atoms with Crippen molar-refractivity contribution in [2.75, 3.05) is 18.4 Å². The molecule has 0 spiro atoms. The molecule has 4 rings (SSSR count). The molecule has 0 aliphatic heterocycles. The number of anilines is 1. The molecule has 2 aromatic rings. The second kappa shape index (κ2) is 39.1. The van der Waals surface area contributed by atoms with Gasteiger partial charge in [0.2, 0.25) is 0 Å². The Labute approximate surface area is 427 Å². The maximum atomic E-state index is 5.15. The maximum absolute atomic E-state index is 5.15.